The molecule has 0 heterocycles. The van der Waals surface area contributed by atoms with E-state index in [1.807, 2.05) is 27.7 Å². The molecule has 0 aliphatic rings. The third-order valence-electron chi connectivity index (χ3n) is 2.54. The van der Waals surface area contributed by atoms with Crippen LogP contribution in [0.5, 0.6) is 0 Å². The van der Waals surface area contributed by atoms with Gasteiger partial charge in [0.25, 0.3) is 0 Å². The van der Waals surface area contributed by atoms with Crippen LogP contribution in [0, 0.1) is 5.92 Å². The first-order chi connectivity index (χ1) is 7.02. The molecule has 90 valence electrons. The maximum atomic E-state index is 11.5. The third kappa shape index (κ3) is 5.62. The number of nitrogens with zero attached hydrogens (tertiary/aromatic N) is 1. The number of urea groups is 1. The van der Waals surface area contributed by atoms with Gasteiger partial charge < -0.3 is 15.3 Å². The molecule has 4 nitrogen and oxygen atoms in total. The number of carbonyl (C=O) groups is 1. The maximum absolute atomic E-state index is 11.5. The lowest BCUT2D eigenvalue weighted by atomic mass is 10.0. The van der Waals surface area contributed by atoms with Crippen molar-refractivity contribution in [2.24, 2.45) is 5.92 Å². The summed E-state index contributed by atoms with van der Waals surface area (Å²) in [6, 6.07) is -0.0454. The quantitative estimate of drug-likeness (QED) is 0.706. The van der Waals surface area contributed by atoms with E-state index in [1.165, 1.54) is 0 Å². The first kappa shape index (κ1) is 14.2. The number of rotatable bonds is 6. The molecule has 0 rings (SSSR count). The Hall–Kier alpha value is -0.770. The predicted molar refractivity (Wildman–Crippen MR) is 61.8 cm³/mol. The van der Waals surface area contributed by atoms with Gasteiger partial charge in [-0.05, 0) is 26.2 Å². The van der Waals surface area contributed by atoms with Crippen LogP contribution in [0.4, 0.5) is 4.79 Å². The lowest BCUT2D eigenvalue weighted by Gasteiger charge is -2.20. The monoisotopic (exact) mass is 216 g/mol. The molecule has 0 aromatic carbocycles. The number of hydrogen-bond donors (Lipinski definition) is 2. The second kappa shape index (κ2) is 7.51. The summed E-state index contributed by atoms with van der Waals surface area (Å²) in [7, 11) is 0. The fraction of sp³-hybridized carbons (Fsp3) is 0.909. The molecule has 1 atom stereocenters. The van der Waals surface area contributed by atoms with Crippen molar-refractivity contribution in [2.75, 3.05) is 19.6 Å². The number of hydrogen-bond acceptors (Lipinski definition) is 2. The van der Waals surface area contributed by atoms with Gasteiger partial charge in [-0.2, -0.15) is 0 Å². The molecule has 4 heteroatoms. The molecule has 0 saturated heterocycles. The smallest absolute Gasteiger partial charge is 0.317 e. The van der Waals surface area contributed by atoms with Gasteiger partial charge in [0.2, 0.25) is 0 Å². The topological polar surface area (TPSA) is 52.6 Å². The molecule has 0 fully saturated rings. The van der Waals surface area contributed by atoms with Crippen LogP contribution in [0.1, 0.15) is 34.1 Å². The van der Waals surface area contributed by atoms with Crippen LogP contribution in [0.25, 0.3) is 0 Å². The number of nitrogens with one attached hydrogen (secondary N) is 1. The van der Waals surface area contributed by atoms with Gasteiger partial charge in [0.1, 0.15) is 0 Å². The van der Waals surface area contributed by atoms with E-state index in [9.17, 15) is 9.90 Å². The van der Waals surface area contributed by atoms with E-state index < -0.39 is 0 Å². The van der Waals surface area contributed by atoms with Crippen molar-refractivity contribution in [1.82, 2.24) is 10.2 Å². The summed E-state index contributed by atoms with van der Waals surface area (Å²) in [5, 5.41) is 12.3. The van der Waals surface area contributed by atoms with Crippen LogP contribution in [0.15, 0.2) is 0 Å². The van der Waals surface area contributed by atoms with Crippen molar-refractivity contribution < 1.29 is 9.90 Å². The van der Waals surface area contributed by atoms with Crippen LogP contribution in [-0.4, -0.2) is 41.8 Å². The maximum Gasteiger partial charge on any atom is 0.317 e. The molecule has 2 amide bonds. The van der Waals surface area contributed by atoms with Gasteiger partial charge >= 0.3 is 6.03 Å². The Bertz CT molecular complexity index is 179. The van der Waals surface area contributed by atoms with Crippen LogP contribution < -0.4 is 5.32 Å². The highest BCUT2D eigenvalue weighted by Gasteiger charge is 2.11. The Morgan fingerprint density at radius 2 is 1.87 bits per heavy atom. The van der Waals surface area contributed by atoms with Gasteiger partial charge in [-0.1, -0.05) is 13.8 Å². The molecule has 15 heavy (non-hydrogen) atoms. The highest BCUT2D eigenvalue weighted by atomic mass is 16.3. The Morgan fingerprint density at radius 1 is 1.33 bits per heavy atom. The number of aliphatic hydroxyl groups excluding tert-OH is 1. The first-order valence-corrected chi connectivity index (χ1v) is 5.73. The van der Waals surface area contributed by atoms with Crippen LogP contribution in [0.3, 0.4) is 0 Å². The summed E-state index contributed by atoms with van der Waals surface area (Å²) >= 11 is 0. The van der Waals surface area contributed by atoms with E-state index in [4.69, 9.17) is 0 Å². The molecule has 1 unspecified atom stereocenters. The second-order valence-corrected chi connectivity index (χ2v) is 4.00. The SMILES string of the molecule is CCN(CC)C(=O)NCCC(O)C(C)C. The minimum atomic E-state index is -0.331. The van der Waals surface area contributed by atoms with Crippen molar-refractivity contribution >= 4 is 6.03 Å². The molecule has 0 aliphatic carbocycles. The lowest BCUT2D eigenvalue weighted by molar-refractivity contribution is 0.116. The highest BCUT2D eigenvalue weighted by molar-refractivity contribution is 5.73. The number of carbonyl (C=O) groups excluding carboxylic acids is 1. The van der Waals surface area contributed by atoms with Crippen LogP contribution in [-0.2, 0) is 0 Å². The highest BCUT2D eigenvalue weighted by Crippen LogP contribution is 2.04. The zero-order valence-electron chi connectivity index (χ0n) is 10.3. The van der Waals surface area contributed by atoms with E-state index in [-0.39, 0.29) is 18.1 Å². The van der Waals surface area contributed by atoms with Crippen molar-refractivity contribution in [3.05, 3.63) is 0 Å². The second-order valence-electron chi connectivity index (χ2n) is 4.00. The van der Waals surface area contributed by atoms with Crippen molar-refractivity contribution in [2.45, 2.75) is 40.2 Å². The van der Waals surface area contributed by atoms with E-state index in [1.54, 1.807) is 4.90 Å². The average Bonchev–Trinajstić information content (AvgIpc) is 2.19. The zero-order chi connectivity index (χ0) is 11.8. The first-order valence-electron chi connectivity index (χ1n) is 5.73. The normalized spacial score (nSPS) is 12.7. The molecule has 0 spiro atoms. The van der Waals surface area contributed by atoms with E-state index in [0.717, 1.165) is 13.1 Å². The molecule has 0 aromatic heterocycles. The zero-order valence-corrected chi connectivity index (χ0v) is 10.3. The minimum Gasteiger partial charge on any atom is -0.393 e. The van der Waals surface area contributed by atoms with Gasteiger partial charge in [0.05, 0.1) is 6.10 Å². The van der Waals surface area contributed by atoms with Gasteiger partial charge in [0.15, 0.2) is 0 Å². The Labute approximate surface area is 92.7 Å². The summed E-state index contributed by atoms with van der Waals surface area (Å²) < 4.78 is 0. The van der Waals surface area contributed by atoms with Gasteiger partial charge in [-0.15, -0.1) is 0 Å². The fourth-order valence-electron chi connectivity index (χ4n) is 1.28. The summed E-state index contributed by atoms with van der Waals surface area (Å²) in [5.74, 6) is 0.246. The molecule has 0 saturated carbocycles. The molecule has 0 aromatic rings. The Kier molecular flexibility index (Phi) is 7.13. The Balaban J connectivity index is 3.71. The fourth-order valence-corrected chi connectivity index (χ4v) is 1.28. The lowest BCUT2D eigenvalue weighted by Crippen LogP contribution is -2.40. The molecular formula is C11H24N2O2. The van der Waals surface area contributed by atoms with Gasteiger partial charge in [0, 0.05) is 19.6 Å². The molecule has 2 N–H and O–H groups in total. The summed E-state index contributed by atoms with van der Waals surface area (Å²) in [4.78, 5) is 13.2. The average molecular weight is 216 g/mol. The standard InChI is InChI=1S/C11H24N2O2/c1-5-13(6-2)11(15)12-8-7-10(14)9(3)4/h9-10,14H,5-8H2,1-4H3,(H,12,15). The van der Waals surface area contributed by atoms with Crippen LogP contribution in [0.2, 0.25) is 0 Å². The summed E-state index contributed by atoms with van der Waals surface area (Å²) in [6.07, 6.45) is 0.284. The van der Waals surface area contributed by atoms with Crippen molar-refractivity contribution in [3.8, 4) is 0 Å². The van der Waals surface area contributed by atoms with Crippen molar-refractivity contribution in [1.29, 1.82) is 0 Å². The van der Waals surface area contributed by atoms with E-state index in [2.05, 4.69) is 5.32 Å². The minimum absolute atomic E-state index is 0.0454. The van der Waals surface area contributed by atoms with E-state index >= 15 is 0 Å². The van der Waals surface area contributed by atoms with E-state index in [0.29, 0.717) is 13.0 Å². The van der Waals surface area contributed by atoms with Gasteiger partial charge in [-0.3, -0.25) is 0 Å². The van der Waals surface area contributed by atoms with Gasteiger partial charge in [-0.25, -0.2) is 4.79 Å². The summed E-state index contributed by atoms with van der Waals surface area (Å²) in [6.45, 7) is 9.81. The third-order valence-corrected chi connectivity index (χ3v) is 2.54. The largest absolute Gasteiger partial charge is 0.393 e. The molecular weight excluding hydrogens is 192 g/mol. The number of amides is 2. The molecule has 0 aliphatic heterocycles. The molecule has 0 bridgehead atoms. The molecule has 0 radical (unpaired) electrons. The number of aliphatic hydroxyl groups is 1. The predicted octanol–water partition coefficient (Wildman–Crippen LogP) is 1.44. The summed E-state index contributed by atoms with van der Waals surface area (Å²) in [5.41, 5.74) is 0. The van der Waals surface area contributed by atoms with Crippen molar-refractivity contribution in [3.63, 3.8) is 0 Å². The Morgan fingerprint density at radius 3 is 2.27 bits per heavy atom. The van der Waals surface area contributed by atoms with Crippen LogP contribution >= 0.6 is 0 Å².